The predicted octanol–water partition coefficient (Wildman–Crippen LogP) is 6.02. The topological polar surface area (TPSA) is 56.4 Å². The predicted molar refractivity (Wildman–Crippen MR) is 148 cm³/mol. The Labute approximate surface area is 223 Å². The van der Waals surface area contributed by atoms with Gasteiger partial charge in [0.15, 0.2) is 0 Å². The number of fused-ring (bicyclic) bond motifs is 1. The van der Waals surface area contributed by atoms with Crippen LogP contribution in [0.25, 0.3) is 10.9 Å². The number of nitrogens with one attached hydrogen (secondary N) is 1. The lowest BCUT2D eigenvalue weighted by molar-refractivity contribution is -0.141. The Bertz CT molecular complexity index is 1350. The summed E-state index contributed by atoms with van der Waals surface area (Å²) < 4.78 is 0. The maximum Gasteiger partial charge on any atom is 0.242 e. The van der Waals surface area contributed by atoms with Crippen LogP contribution in [0.3, 0.4) is 0 Å². The molecule has 4 aromatic rings. The van der Waals surface area contributed by atoms with Crippen LogP contribution in [0.1, 0.15) is 36.0 Å². The summed E-state index contributed by atoms with van der Waals surface area (Å²) >= 11 is 6.09. The van der Waals surface area contributed by atoms with Gasteiger partial charge in [0, 0.05) is 47.7 Å². The number of aromatic amines is 1. The third kappa shape index (κ3) is 6.60. The lowest BCUT2D eigenvalue weighted by atomic mass is 10.1. The number of H-pyrrole nitrogens is 1. The van der Waals surface area contributed by atoms with Crippen LogP contribution in [0.5, 0.6) is 0 Å². The zero-order valence-corrected chi connectivity index (χ0v) is 21.7. The number of halogens is 1. The van der Waals surface area contributed by atoms with Crippen molar-refractivity contribution in [3.63, 3.8) is 0 Å². The Hall–Kier alpha value is -3.57. The number of nitrogens with zero attached hydrogens (tertiary/aromatic N) is 2. The molecule has 0 spiro atoms. The summed E-state index contributed by atoms with van der Waals surface area (Å²) in [6, 6.07) is 26.0. The fourth-order valence-electron chi connectivity index (χ4n) is 4.79. The van der Waals surface area contributed by atoms with E-state index in [2.05, 4.69) is 17.1 Å². The molecule has 0 atom stereocenters. The first-order valence-corrected chi connectivity index (χ1v) is 13.4. The van der Waals surface area contributed by atoms with Crippen LogP contribution in [0.4, 0.5) is 0 Å². The number of amides is 2. The quantitative estimate of drug-likeness (QED) is 0.267. The molecule has 1 N–H and O–H groups in total. The molecule has 0 bridgehead atoms. The van der Waals surface area contributed by atoms with Gasteiger partial charge in [-0.25, -0.2) is 0 Å². The summed E-state index contributed by atoms with van der Waals surface area (Å²) in [6.45, 7) is 1.18. The first-order valence-electron chi connectivity index (χ1n) is 13.0. The standard InChI is InChI=1S/C31H32ClN3O2/c32-26-13-10-24(11-14-26)21-34(19-18-25-20-33-29-9-5-4-8-28(25)29)31(37)22-35(27-15-16-27)30(36)17-12-23-6-2-1-3-7-23/h1-11,13-14,20,27,33H,12,15-19,21-22H2. The van der Waals surface area contributed by atoms with Crippen molar-refractivity contribution in [1.82, 2.24) is 14.8 Å². The smallest absolute Gasteiger partial charge is 0.242 e. The van der Waals surface area contributed by atoms with Crippen molar-refractivity contribution in [1.29, 1.82) is 0 Å². The van der Waals surface area contributed by atoms with E-state index in [1.54, 1.807) is 0 Å². The molecule has 0 saturated heterocycles. The molecule has 190 valence electrons. The molecule has 0 radical (unpaired) electrons. The van der Waals surface area contributed by atoms with Gasteiger partial charge in [-0.3, -0.25) is 9.59 Å². The fourth-order valence-corrected chi connectivity index (χ4v) is 4.91. The second-order valence-electron chi connectivity index (χ2n) is 9.79. The van der Waals surface area contributed by atoms with Crippen LogP contribution >= 0.6 is 11.6 Å². The van der Waals surface area contributed by atoms with Gasteiger partial charge in [0.25, 0.3) is 0 Å². The van der Waals surface area contributed by atoms with Crippen molar-refractivity contribution in [2.24, 2.45) is 0 Å². The van der Waals surface area contributed by atoms with Crippen LogP contribution in [0.15, 0.2) is 85.1 Å². The molecule has 5 rings (SSSR count). The minimum Gasteiger partial charge on any atom is -0.361 e. The average molecular weight is 514 g/mol. The van der Waals surface area contributed by atoms with E-state index < -0.39 is 0 Å². The Morgan fingerprint density at radius 1 is 0.838 bits per heavy atom. The highest BCUT2D eigenvalue weighted by Gasteiger charge is 2.34. The van der Waals surface area contributed by atoms with E-state index in [-0.39, 0.29) is 24.4 Å². The van der Waals surface area contributed by atoms with Gasteiger partial charge in [-0.15, -0.1) is 0 Å². The van der Waals surface area contributed by atoms with E-state index in [4.69, 9.17) is 11.6 Å². The number of aromatic nitrogens is 1. The molecule has 1 aliphatic carbocycles. The third-order valence-corrected chi connectivity index (χ3v) is 7.30. The monoisotopic (exact) mass is 513 g/mol. The number of aryl methyl sites for hydroxylation is 1. The molecule has 1 fully saturated rings. The molecule has 5 nitrogen and oxygen atoms in total. The Balaban J connectivity index is 1.28. The summed E-state index contributed by atoms with van der Waals surface area (Å²) in [5.41, 5.74) is 4.44. The van der Waals surface area contributed by atoms with Crippen molar-refractivity contribution >= 4 is 34.3 Å². The molecule has 1 aromatic heterocycles. The van der Waals surface area contributed by atoms with Gasteiger partial charge in [0.05, 0.1) is 0 Å². The lowest BCUT2D eigenvalue weighted by Crippen LogP contribution is -2.44. The molecule has 1 saturated carbocycles. The molecule has 2 amide bonds. The maximum absolute atomic E-state index is 13.7. The summed E-state index contributed by atoms with van der Waals surface area (Å²) in [7, 11) is 0. The van der Waals surface area contributed by atoms with Crippen LogP contribution in [0, 0.1) is 0 Å². The van der Waals surface area contributed by atoms with Crippen LogP contribution in [-0.4, -0.2) is 45.7 Å². The van der Waals surface area contributed by atoms with Crippen molar-refractivity contribution < 1.29 is 9.59 Å². The van der Waals surface area contributed by atoms with E-state index in [1.807, 2.05) is 82.7 Å². The SMILES string of the molecule is O=C(CN(C(=O)CCc1ccccc1)C1CC1)N(CCc1c[nH]c2ccccc12)Cc1ccc(Cl)cc1. The van der Waals surface area contributed by atoms with Crippen LogP contribution < -0.4 is 0 Å². The van der Waals surface area contributed by atoms with Gasteiger partial charge in [0.1, 0.15) is 6.54 Å². The summed E-state index contributed by atoms with van der Waals surface area (Å²) in [6.07, 6.45) is 5.80. The largest absolute Gasteiger partial charge is 0.361 e. The summed E-state index contributed by atoms with van der Waals surface area (Å²) in [5, 5.41) is 1.85. The molecule has 1 heterocycles. The second kappa shape index (κ2) is 11.7. The van der Waals surface area contributed by atoms with Crippen LogP contribution in [0.2, 0.25) is 5.02 Å². The van der Waals surface area contributed by atoms with E-state index in [0.717, 1.165) is 35.9 Å². The van der Waals surface area contributed by atoms with Gasteiger partial charge < -0.3 is 14.8 Å². The summed E-state index contributed by atoms with van der Waals surface area (Å²) in [4.78, 5) is 33.9. The van der Waals surface area contributed by atoms with E-state index in [0.29, 0.717) is 31.0 Å². The minimum absolute atomic E-state index is 0.0187. The molecule has 1 aliphatic rings. The highest BCUT2D eigenvalue weighted by molar-refractivity contribution is 6.30. The van der Waals surface area contributed by atoms with Crippen molar-refractivity contribution in [3.8, 4) is 0 Å². The number of rotatable bonds is 11. The Morgan fingerprint density at radius 2 is 1.57 bits per heavy atom. The van der Waals surface area contributed by atoms with E-state index in [9.17, 15) is 9.59 Å². The van der Waals surface area contributed by atoms with Gasteiger partial charge in [-0.1, -0.05) is 72.3 Å². The molecular formula is C31H32ClN3O2. The van der Waals surface area contributed by atoms with Gasteiger partial charge in [-0.05, 0) is 60.6 Å². The maximum atomic E-state index is 13.7. The number of hydrogen-bond acceptors (Lipinski definition) is 2. The average Bonchev–Trinajstić information content (AvgIpc) is 3.69. The number of para-hydroxylation sites is 1. The number of carbonyl (C=O) groups is 2. The molecular weight excluding hydrogens is 482 g/mol. The van der Waals surface area contributed by atoms with Crippen molar-refractivity contribution in [2.45, 2.75) is 44.7 Å². The minimum atomic E-state index is -0.0187. The zero-order chi connectivity index (χ0) is 25.6. The number of benzene rings is 3. The summed E-state index contributed by atoms with van der Waals surface area (Å²) in [5.74, 6) is 0.0394. The Morgan fingerprint density at radius 3 is 2.32 bits per heavy atom. The highest BCUT2D eigenvalue weighted by atomic mass is 35.5. The van der Waals surface area contributed by atoms with Crippen molar-refractivity contribution in [2.75, 3.05) is 13.1 Å². The Kier molecular flexibility index (Phi) is 7.90. The molecule has 0 aliphatic heterocycles. The molecule has 3 aromatic carbocycles. The van der Waals surface area contributed by atoms with E-state index in [1.165, 1.54) is 10.9 Å². The molecule has 6 heteroatoms. The van der Waals surface area contributed by atoms with Crippen molar-refractivity contribution in [3.05, 3.63) is 107 Å². The number of hydrogen-bond donors (Lipinski definition) is 1. The fraction of sp³-hybridized carbons (Fsp3) is 0.290. The zero-order valence-electron chi connectivity index (χ0n) is 20.9. The van der Waals surface area contributed by atoms with Gasteiger partial charge in [0.2, 0.25) is 11.8 Å². The molecule has 37 heavy (non-hydrogen) atoms. The molecule has 0 unspecified atom stereocenters. The second-order valence-corrected chi connectivity index (χ2v) is 10.2. The van der Waals surface area contributed by atoms with Gasteiger partial charge >= 0.3 is 0 Å². The van der Waals surface area contributed by atoms with Crippen LogP contribution in [-0.2, 0) is 29.0 Å². The number of carbonyl (C=O) groups excluding carboxylic acids is 2. The first kappa shape index (κ1) is 25.1. The lowest BCUT2D eigenvalue weighted by Gasteiger charge is -2.28. The van der Waals surface area contributed by atoms with E-state index >= 15 is 0 Å². The normalized spacial score (nSPS) is 13.0. The van der Waals surface area contributed by atoms with Gasteiger partial charge in [-0.2, -0.15) is 0 Å². The first-order chi connectivity index (χ1) is 18.1. The highest BCUT2D eigenvalue weighted by Crippen LogP contribution is 2.28. The third-order valence-electron chi connectivity index (χ3n) is 7.05.